The molecule has 0 saturated carbocycles. The van der Waals surface area contributed by atoms with Crippen LogP contribution in [0.1, 0.15) is 22.2 Å². The Bertz CT molecular complexity index is 1190. The lowest BCUT2D eigenvalue weighted by atomic mass is 10.0. The Kier molecular flexibility index (Phi) is 5.44. The molecule has 0 radical (unpaired) electrons. The van der Waals surface area contributed by atoms with Crippen LogP contribution < -0.4 is 4.74 Å². The molecule has 2 unspecified atom stereocenters. The average Bonchev–Trinajstić information content (AvgIpc) is 3.18. The van der Waals surface area contributed by atoms with Gasteiger partial charge in [-0.2, -0.15) is 8.78 Å². The first kappa shape index (κ1) is 21.0. The Labute approximate surface area is 190 Å². The van der Waals surface area contributed by atoms with Crippen LogP contribution >= 0.6 is 23.2 Å². The van der Waals surface area contributed by atoms with Crippen molar-refractivity contribution in [2.24, 2.45) is 0 Å². The molecular weight excluding hydrogens is 467 g/mol. The van der Waals surface area contributed by atoms with Crippen LogP contribution in [0.5, 0.6) is 5.75 Å². The summed E-state index contributed by atoms with van der Waals surface area (Å²) < 4.78 is 37.2. The summed E-state index contributed by atoms with van der Waals surface area (Å²) in [6, 6.07) is 6.78. The third-order valence-corrected chi connectivity index (χ3v) is 6.21. The number of carbonyl (C=O) groups is 1. The molecule has 32 heavy (non-hydrogen) atoms. The first-order valence-electron chi connectivity index (χ1n) is 9.62. The molecule has 1 aromatic carbocycles. The zero-order chi connectivity index (χ0) is 22.4. The van der Waals surface area contributed by atoms with Gasteiger partial charge in [0.1, 0.15) is 17.5 Å². The van der Waals surface area contributed by atoms with E-state index < -0.39 is 12.7 Å². The molecule has 3 aromatic rings. The Balaban J connectivity index is 1.51. The van der Waals surface area contributed by atoms with Crippen LogP contribution in [-0.4, -0.2) is 56.4 Å². The van der Waals surface area contributed by atoms with Gasteiger partial charge in [-0.15, -0.1) is 10.2 Å². The maximum atomic E-state index is 13.4. The largest absolute Gasteiger partial charge is 0.435 e. The molecule has 8 nitrogen and oxygen atoms in total. The number of nitrogens with zero attached hydrogens (tertiary/aromatic N) is 5. The predicted molar refractivity (Wildman–Crippen MR) is 110 cm³/mol. The van der Waals surface area contributed by atoms with Crippen molar-refractivity contribution < 1.29 is 23.0 Å². The van der Waals surface area contributed by atoms with Crippen molar-refractivity contribution >= 4 is 29.1 Å². The van der Waals surface area contributed by atoms with Gasteiger partial charge in [0.2, 0.25) is 0 Å². The number of ether oxygens (including phenoxy) is 2. The molecular formula is C20H15Cl2F2N5O3. The average molecular weight is 482 g/mol. The Hall–Kier alpha value is -2.82. The third kappa shape index (κ3) is 3.58. The molecule has 1 fully saturated rings. The molecule has 2 aliphatic heterocycles. The number of amides is 1. The van der Waals surface area contributed by atoms with Crippen LogP contribution in [0.15, 0.2) is 36.5 Å². The number of morpholine rings is 1. The zero-order valence-electron chi connectivity index (χ0n) is 16.3. The summed E-state index contributed by atoms with van der Waals surface area (Å²) in [7, 11) is 0. The smallest absolute Gasteiger partial charge is 0.387 e. The van der Waals surface area contributed by atoms with E-state index in [1.165, 1.54) is 18.3 Å². The number of hydrogen-bond donors (Lipinski definition) is 0. The van der Waals surface area contributed by atoms with E-state index in [1.807, 2.05) is 4.57 Å². The highest BCUT2D eigenvalue weighted by molar-refractivity contribution is 6.43. The predicted octanol–water partition coefficient (Wildman–Crippen LogP) is 3.84. The second kappa shape index (κ2) is 8.27. The van der Waals surface area contributed by atoms with Crippen molar-refractivity contribution in [1.29, 1.82) is 0 Å². The van der Waals surface area contributed by atoms with Crippen LogP contribution in [0, 0.1) is 0 Å². The lowest BCUT2D eigenvalue weighted by Gasteiger charge is -2.45. The Morgan fingerprint density at radius 1 is 1.22 bits per heavy atom. The number of fused-ring (bicyclic) bond motifs is 4. The number of aromatic nitrogens is 4. The molecule has 2 atom stereocenters. The molecule has 2 aliphatic rings. The molecule has 2 bridgehead atoms. The lowest BCUT2D eigenvalue weighted by Crippen LogP contribution is -2.56. The quantitative estimate of drug-likeness (QED) is 0.562. The molecule has 1 saturated heterocycles. The fraction of sp³-hybridized carbons (Fsp3) is 0.300. The lowest BCUT2D eigenvalue weighted by molar-refractivity contribution is -0.0569. The number of carbonyl (C=O) groups excluding carboxylic acids is 1. The summed E-state index contributed by atoms with van der Waals surface area (Å²) >= 11 is 12.4. The van der Waals surface area contributed by atoms with Crippen molar-refractivity contribution in [3.63, 3.8) is 0 Å². The normalized spacial score (nSPS) is 19.7. The van der Waals surface area contributed by atoms with Crippen molar-refractivity contribution in [2.75, 3.05) is 13.2 Å². The number of alkyl halides is 2. The number of rotatable bonds is 4. The van der Waals surface area contributed by atoms with E-state index in [-0.39, 0.29) is 29.3 Å². The van der Waals surface area contributed by atoms with E-state index in [1.54, 1.807) is 23.1 Å². The Morgan fingerprint density at radius 2 is 2.06 bits per heavy atom. The number of hydrogen-bond acceptors (Lipinski definition) is 6. The van der Waals surface area contributed by atoms with Crippen LogP contribution in [0.3, 0.4) is 0 Å². The highest BCUT2D eigenvalue weighted by Gasteiger charge is 2.44. The van der Waals surface area contributed by atoms with Gasteiger partial charge < -0.3 is 18.9 Å². The van der Waals surface area contributed by atoms with Gasteiger partial charge >= 0.3 is 6.61 Å². The minimum Gasteiger partial charge on any atom is -0.435 e. The maximum absolute atomic E-state index is 13.4. The van der Waals surface area contributed by atoms with Gasteiger partial charge in [-0.25, -0.2) is 0 Å². The molecule has 5 rings (SSSR count). The van der Waals surface area contributed by atoms with Gasteiger partial charge in [-0.1, -0.05) is 29.3 Å². The van der Waals surface area contributed by atoms with Gasteiger partial charge in [-0.3, -0.25) is 9.78 Å². The van der Waals surface area contributed by atoms with Crippen molar-refractivity contribution in [1.82, 2.24) is 24.6 Å². The number of pyridine rings is 1. The molecule has 0 spiro atoms. The van der Waals surface area contributed by atoms with Crippen molar-refractivity contribution in [3.8, 4) is 17.3 Å². The van der Waals surface area contributed by atoms with E-state index in [0.717, 1.165) is 0 Å². The van der Waals surface area contributed by atoms with Crippen molar-refractivity contribution in [3.05, 3.63) is 58.0 Å². The SMILES string of the molecule is O=C(c1cccc(Cl)c1Cl)N1C2COCC1c1nnc(-c3cc(OC(F)F)ccn3)n1C2. The summed E-state index contributed by atoms with van der Waals surface area (Å²) in [5.74, 6) is 0.583. The highest BCUT2D eigenvalue weighted by atomic mass is 35.5. The summed E-state index contributed by atoms with van der Waals surface area (Å²) in [5, 5.41) is 8.95. The first-order valence-corrected chi connectivity index (χ1v) is 10.4. The van der Waals surface area contributed by atoms with Crippen molar-refractivity contribution in [2.45, 2.75) is 25.2 Å². The molecule has 2 aromatic heterocycles. The van der Waals surface area contributed by atoms with Gasteiger partial charge in [0.25, 0.3) is 5.91 Å². The zero-order valence-corrected chi connectivity index (χ0v) is 17.8. The van der Waals surface area contributed by atoms with E-state index in [2.05, 4.69) is 19.9 Å². The minimum atomic E-state index is -2.95. The van der Waals surface area contributed by atoms with Gasteiger partial charge in [0.05, 0.1) is 34.9 Å². The molecule has 166 valence electrons. The Morgan fingerprint density at radius 3 is 2.88 bits per heavy atom. The molecule has 0 aliphatic carbocycles. The van der Waals surface area contributed by atoms with Crippen LogP contribution in [0.4, 0.5) is 8.78 Å². The standard InChI is InChI=1S/C20H15Cl2F2N5O3/c21-13-3-1-2-12(16(13)22)19(30)29-10-7-28-17(26-27-18(28)15(29)9-31-8-10)14-6-11(4-5-25-14)32-20(23)24/h1-6,10,15,20H,7-9H2. The van der Waals surface area contributed by atoms with Crippen LogP contribution in [-0.2, 0) is 11.3 Å². The van der Waals surface area contributed by atoms with Gasteiger partial charge in [-0.05, 0) is 18.2 Å². The second-order valence-electron chi connectivity index (χ2n) is 7.27. The van der Waals surface area contributed by atoms with Crippen LogP contribution in [0.25, 0.3) is 11.5 Å². The van der Waals surface area contributed by atoms with E-state index in [0.29, 0.717) is 41.1 Å². The summed E-state index contributed by atoms with van der Waals surface area (Å²) in [6.07, 6.45) is 1.36. The van der Waals surface area contributed by atoms with E-state index in [9.17, 15) is 13.6 Å². The molecule has 12 heteroatoms. The molecule has 1 amide bonds. The summed E-state index contributed by atoms with van der Waals surface area (Å²) in [4.78, 5) is 19.3. The molecule has 0 N–H and O–H groups in total. The number of benzene rings is 1. The van der Waals surface area contributed by atoms with E-state index >= 15 is 0 Å². The molecule has 4 heterocycles. The maximum Gasteiger partial charge on any atom is 0.387 e. The van der Waals surface area contributed by atoms with Crippen LogP contribution in [0.2, 0.25) is 10.0 Å². The first-order chi connectivity index (χ1) is 15.4. The fourth-order valence-corrected chi connectivity index (χ4v) is 4.42. The van der Waals surface area contributed by atoms with Gasteiger partial charge in [0, 0.05) is 18.8 Å². The highest BCUT2D eigenvalue weighted by Crippen LogP contribution is 2.37. The summed E-state index contributed by atoms with van der Waals surface area (Å²) in [6.45, 7) is -2.09. The summed E-state index contributed by atoms with van der Waals surface area (Å²) in [5.41, 5.74) is 0.626. The third-order valence-electron chi connectivity index (χ3n) is 5.39. The monoisotopic (exact) mass is 481 g/mol. The minimum absolute atomic E-state index is 0.0333. The number of halogens is 4. The van der Waals surface area contributed by atoms with E-state index in [4.69, 9.17) is 27.9 Å². The van der Waals surface area contributed by atoms with Gasteiger partial charge in [0.15, 0.2) is 11.6 Å². The fourth-order valence-electron chi connectivity index (χ4n) is 4.04. The topological polar surface area (TPSA) is 82.4 Å². The second-order valence-corrected chi connectivity index (χ2v) is 8.05.